The second-order valence-corrected chi connectivity index (χ2v) is 6.61. The molecule has 2 rings (SSSR count). The van der Waals surface area contributed by atoms with Gasteiger partial charge in [-0.2, -0.15) is 0 Å². The summed E-state index contributed by atoms with van der Waals surface area (Å²) in [6, 6.07) is 11.7. The molecule has 0 heterocycles. The van der Waals surface area contributed by atoms with Gasteiger partial charge < -0.3 is 28.4 Å². The largest absolute Gasteiger partial charge is 0.497 e. The first-order chi connectivity index (χ1) is 16.3. The molecule has 182 valence electrons. The number of carbonyl (C=O) groups excluding carboxylic acids is 4. The van der Waals surface area contributed by atoms with Crippen LogP contribution in [0.2, 0.25) is 0 Å². The Morgan fingerprint density at radius 2 is 0.941 bits per heavy atom. The minimum Gasteiger partial charge on any atom is -0.497 e. The minimum atomic E-state index is -1.91. The van der Waals surface area contributed by atoms with Crippen molar-refractivity contribution in [2.45, 2.75) is 26.1 Å². The van der Waals surface area contributed by atoms with Gasteiger partial charge in [-0.1, -0.05) is 0 Å². The van der Waals surface area contributed by atoms with Crippen molar-refractivity contribution >= 4 is 23.9 Å². The molecule has 0 bridgehead atoms. The normalized spacial score (nSPS) is 12.0. The highest BCUT2D eigenvalue weighted by Crippen LogP contribution is 2.18. The van der Waals surface area contributed by atoms with Gasteiger partial charge in [-0.15, -0.1) is 0 Å². The average molecular weight is 474 g/mol. The topological polar surface area (TPSA) is 124 Å². The molecule has 10 nitrogen and oxygen atoms in total. The molecule has 0 aromatic heterocycles. The molecule has 0 saturated carbocycles. The Balaban J connectivity index is 2.34. The predicted molar refractivity (Wildman–Crippen MR) is 118 cm³/mol. The molecule has 2 atom stereocenters. The van der Waals surface area contributed by atoms with Crippen LogP contribution in [0.25, 0.3) is 0 Å². The number of rotatable bonds is 11. The lowest BCUT2D eigenvalue weighted by Gasteiger charge is -2.24. The van der Waals surface area contributed by atoms with Crippen LogP contribution in [0.3, 0.4) is 0 Å². The van der Waals surface area contributed by atoms with Gasteiger partial charge in [-0.05, 0) is 62.4 Å². The Labute approximate surface area is 196 Å². The Morgan fingerprint density at radius 1 is 0.618 bits per heavy atom. The van der Waals surface area contributed by atoms with Crippen molar-refractivity contribution in [3.05, 3.63) is 59.7 Å². The van der Waals surface area contributed by atoms with E-state index in [2.05, 4.69) is 0 Å². The number of ether oxygens (including phenoxy) is 6. The molecule has 0 spiro atoms. The smallest absolute Gasteiger partial charge is 0.352 e. The first-order valence-corrected chi connectivity index (χ1v) is 10.4. The van der Waals surface area contributed by atoms with Gasteiger partial charge in [0, 0.05) is 0 Å². The zero-order chi connectivity index (χ0) is 25.1. The Morgan fingerprint density at radius 3 is 1.21 bits per heavy atom. The van der Waals surface area contributed by atoms with E-state index in [9.17, 15) is 19.2 Å². The van der Waals surface area contributed by atoms with Crippen LogP contribution < -0.4 is 9.47 Å². The number of benzene rings is 2. The molecule has 10 heteroatoms. The third-order valence-corrected chi connectivity index (χ3v) is 4.43. The maximum absolute atomic E-state index is 12.7. The third-order valence-electron chi connectivity index (χ3n) is 4.43. The average Bonchev–Trinajstić information content (AvgIpc) is 2.86. The van der Waals surface area contributed by atoms with Crippen LogP contribution in [0.5, 0.6) is 11.5 Å². The second kappa shape index (κ2) is 12.8. The lowest BCUT2D eigenvalue weighted by atomic mass is 10.1. The summed E-state index contributed by atoms with van der Waals surface area (Å²) in [6.07, 6.45) is -3.81. The highest BCUT2D eigenvalue weighted by Gasteiger charge is 2.43. The number of hydrogen-bond donors (Lipinski definition) is 0. The fraction of sp³-hybridized carbons (Fsp3) is 0.333. The molecular weight excluding hydrogens is 448 g/mol. The summed E-state index contributed by atoms with van der Waals surface area (Å²) in [4.78, 5) is 50.6. The van der Waals surface area contributed by atoms with E-state index in [1.54, 1.807) is 0 Å². The van der Waals surface area contributed by atoms with E-state index >= 15 is 0 Å². The van der Waals surface area contributed by atoms with E-state index in [4.69, 9.17) is 28.4 Å². The summed E-state index contributed by atoms with van der Waals surface area (Å²) in [7, 11) is 2.93. The molecular formula is C24H26O10. The molecule has 0 aliphatic carbocycles. The molecule has 2 aromatic carbocycles. The lowest BCUT2D eigenvalue weighted by molar-refractivity contribution is -0.173. The first kappa shape index (κ1) is 26.2. The molecule has 0 saturated heterocycles. The van der Waals surface area contributed by atoms with Gasteiger partial charge in [0.25, 0.3) is 0 Å². The van der Waals surface area contributed by atoms with Gasteiger partial charge in [0.2, 0.25) is 12.2 Å². The highest BCUT2D eigenvalue weighted by atomic mass is 16.6. The van der Waals surface area contributed by atoms with Crippen LogP contribution in [-0.4, -0.2) is 63.5 Å². The van der Waals surface area contributed by atoms with Gasteiger partial charge in [0.05, 0.1) is 38.6 Å². The van der Waals surface area contributed by atoms with Gasteiger partial charge in [-0.3, -0.25) is 0 Å². The molecule has 0 aliphatic rings. The number of esters is 4. The van der Waals surface area contributed by atoms with E-state index in [1.807, 2.05) is 0 Å². The van der Waals surface area contributed by atoms with Crippen LogP contribution in [0.4, 0.5) is 0 Å². The van der Waals surface area contributed by atoms with E-state index in [0.717, 1.165) is 0 Å². The molecule has 34 heavy (non-hydrogen) atoms. The summed E-state index contributed by atoms with van der Waals surface area (Å²) in [5, 5.41) is 0. The lowest BCUT2D eigenvalue weighted by Crippen LogP contribution is -2.47. The van der Waals surface area contributed by atoms with Crippen molar-refractivity contribution in [3.63, 3.8) is 0 Å². The third kappa shape index (κ3) is 6.96. The monoisotopic (exact) mass is 474 g/mol. The minimum absolute atomic E-state index is 0.0687. The SMILES string of the molecule is CCOC(=O)[C@@H](OC(=O)c1ccc(OC)cc1)[C@H](OC(=O)c1ccc(OC)cc1)C(=O)OCC. The van der Waals surface area contributed by atoms with Crippen LogP contribution in [0, 0.1) is 0 Å². The van der Waals surface area contributed by atoms with Gasteiger partial charge in [-0.25, -0.2) is 19.2 Å². The highest BCUT2D eigenvalue weighted by molar-refractivity contribution is 5.96. The number of hydrogen-bond acceptors (Lipinski definition) is 10. The summed E-state index contributed by atoms with van der Waals surface area (Å²) in [5.41, 5.74) is 0.137. The molecule has 0 N–H and O–H groups in total. The Hall–Kier alpha value is -4.08. The summed E-state index contributed by atoms with van der Waals surface area (Å²) in [5.74, 6) is -3.06. The molecule has 0 fully saturated rings. The summed E-state index contributed by atoms with van der Waals surface area (Å²) in [6.45, 7) is 2.92. The molecule has 0 radical (unpaired) electrons. The van der Waals surface area contributed by atoms with Crippen LogP contribution in [0.15, 0.2) is 48.5 Å². The standard InChI is InChI=1S/C24H26O10/c1-5-31-23(27)19(33-21(25)15-7-11-17(29-3)12-8-15)20(24(28)32-6-2)34-22(26)16-9-13-18(30-4)14-10-16/h7-14,19-20H,5-6H2,1-4H3/t19-,20-/m0/s1. The molecule has 0 unspecified atom stereocenters. The van der Waals surface area contributed by atoms with Gasteiger partial charge >= 0.3 is 23.9 Å². The Bertz CT molecular complexity index is 900. The van der Waals surface area contributed by atoms with E-state index in [-0.39, 0.29) is 24.3 Å². The van der Waals surface area contributed by atoms with Crippen molar-refractivity contribution < 1.29 is 47.6 Å². The van der Waals surface area contributed by atoms with Gasteiger partial charge in [0.15, 0.2) is 0 Å². The van der Waals surface area contributed by atoms with Crippen LogP contribution >= 0.6 is 0 Å². The van der Waals surface area contributed by atoms with Crippen molar-refractivity contribution in [1.29, 1.82) is 0 Å². The predicted octanol–water partition coefficient (Wildman–Crippen LogP) is 2.58. The van der Waals surface area contributed by atoms with Crippen molar-refractivity contribution in [3.8, 4) is 11.5 Å². The molecule has 0 amide bonds. The quantitative estimate of drug-likeness (QED) is 0.354. The van der Waals surface area contributed by atoms with Gasteiger partial charge in [0.1, 0.15) is 11.5 Å². The molecule has 2 aromatic rings. The summed E-state index contributed by atoms with van der Waals surface area (Å²) < 4.78 is 30.5. The second-order valence-electron chi connectivity index (χ2n) is 6.61. The fourth-order valence-electron chi connectivity index (χ4n) is 2.74. The summed E-state index contributed by atoms with van der Waals surface area (Å²) >= 11 is 0. The van der Waals surface area contributed by atoms with Crippen molar-refractivity contribution in [2.75, 3.05) is 27.4 Å². The maximum Gasteiger partial charge on any atom is 0.352 e. The van der Waals surface area contributed by atoms with Crippen molar-refractivity contribution in [1.82, 2.24) is 0 Å². The first-order valence-electron chi connectivity index (χ1n) is 10.4. The zero-order valence-corrected chi connectivity index (χ0v) is 19.3. The van der Waals surface area contributed by atoms with Crippen LogP contribution in [-0.2, 0) is 28.5 Å². The number of methoxy groups -OCH3 is 2. The van der Waals surface area contributed by atoms with E-state index in [0.29, 0.717) is 11.5 Å². The Kier molecular flexibility index (Phi) is 9.88. The maximum atomic E-state index is 12.7. The van der Waals surface area contributed by atoms with E-state index in [1.165, 1.54) is 76.6 Å². The van der Waals surface area contributed by atoms with Crippen LogP contribution in [0.1, 0.15) is 34.6 Å². The molecule has 0 aliphatic heterocycles. The van der Waals surface area contributed by atoms with Crippen molar-refractivity contribution in [2.24, 2.45) is 0 Å². The zero-order valence-electron chi connectivity index (χ0n) is 19.3. The van der Waals surface area contributed by atoms with E-state index < -0.39 is 36.1 Å². The fourth-order valence-corrected chi connectivity index (χ4v) is 2.74. The number of carbonyl (C=O) groups is 4.